The molecule has 4 heteroatoms. The lowest BCUT2D eigenvalue weighted by Gasteiger charge is -2.22. The van der Waals surface area contributed by atoms with Gasteiger partial charge < -0.3 is 15.4 Å². The van der Waals surface area contributed by atoms with Crippen molar-refractivity contribution >= 4 is 23.0 Å². The van der Waals surface area contributed by atoms with E-state index in [4.69, 9.17) is 17.0 Å². The fraction of sp³-hybridized carbons (Fsp3) is 0.0952. The highest BCUT2D eigenvalue weighted by atomic mass is 32.1. The largest absolute Gasteiger partial charge is 0.497 e. The number of thiocarbonyl (C=S) groups is 1. The van der Waals surface area contributed by atoms with Gasteiger partial charge in [-0.1, -0.05) is 60.7 Å². The minimum atomic E-state index is -0.0455. The van der Waals surface area contributed by atoms with Crippen LogP contribution in [0.15, 0.2) is 84.9 Å². The first-order chi connectivity index (χ1) is 12.3. The predicted molar refractivity (Wildman–Crippen MR) is 107 cm³/mol. The molecule has 0 fully saturated rings. The molecule has 126 valence electrons. The van der Waals surface area contributed by atoms with Gasteiger partial charge in [0.2, 0.25) is 0 Å². The Morgan fingerprint density at radius 2 is 1.36 bits per heavy atom. The highest BCUT2D eigenvalue weighted by Gasteiger charge is 2.15. The molecule has 0 heterocycles. The highest BCUT2D eigenvalue weighted by molar-refractivity contribution is 7.80. The molecule has 0 aromatic heterocycles. The van der Waals surface area contributed by atoms with E-state index in [1.807, 2.05) is 60.7 Å². The third-order valence-electron chi connectivity index (χ3n) is 3.89. The van der Waals surface area contributed by atoms with Crippen LogP contribution >= 0.6 is 12.2 Å². The Morgan fingerprint density at radius 1 is 0.800 bits per heavy atom. The summed E-state index contributed by atoms with van der Waals surface area (Å²) in [4.78, 5) is 0. The molecule has 0 aliphatic carbocycles. The van der Waals surface area contributed by atoms with Crippen LogP contribution in [0.1, 0.15) is 17.2 Å². The molecule has 0 aliphatic rings. The van der Waals surface area contributed by atoms with E-state index in [0.29, 0.717) is 5.11 Å². The molecular weight excluding hydrogens is 328 g/mol. The molecule has 0 radical (unpaired) electrons. The number of hydrogen-bond acceptors (Lipinski definition) is 2. The van der Waals surface area contributed by atoms with E-state index in [1.54, 1.807) is 7.11 Å². The van der Waals surface area contributed by atoms with Crippen molar-refractivity contribution in [2.24, 2.45) is 0 Å². The van der Waals surface area contributed by atoms with Crippen molar-refractivity contribution in [3.05, 3.63) is 96.1 Å². The van der Waals surface area contributed by atoms with Crippen LogP contribution in [0.25, 0.3) is 0 Å². The van der Waals surface area contributed by atoms with Gasteiger partial charge in [-0.2, -0.15) is 0 Å². The van der Waals surface area contributed by atoms with Crippen LogP contribution in [0.5, 0.6) is 5.75 Å². The zero-order chi connectivity index (χ0) is 17.5. The molecule has 0 amide bonds. The Bertz CT molecular complexity index is 804. The number of para-hydroxylation sites is 1. The van der Waals surface area contributed by atoms with E-state index in [1.165, 1.54) is 0 Å². The Labute approximate surface area is 153 Å². The number of rotatable bonds is 5. The maximum atomic E-state index is 5.51. The van der Waals surface area contributed by atoms with Crippen molar-refractivity contribution in [3.63, 3.8) is 0 Å². The molecule has 0 aliphatic heterocycles. The first-order valence-electron chi connectivity index (χ1n) is 8.08. The standard InChI is InChI=1S/C21H20N2OS/c1-24-19-14-12-17(13-15-19)20(16-8-4-2-5-9-16)23-21(25)22-18-10-6-3-7-11-18/h2-15,20H,1H3,(H2,22,23,25). The van der Waals surface area contributed by atoms with Crippen LogP contribution in [0, 0.1) is 0 Å². The van der Waals surface area contributed by atoms with Crippen molar-refractivity contribution in [2.75, 3.05) is 12.4 Å². The highest BCUT2D eigenvalue weighted by Crippen LogP contribution is 2.24. The molecule has 0 spiro atoms. The quantitative estimate of drug-likeness (QED) is 0.651. The van der Waals surface area contributed by atoms with Gasteiger partial charge in [0, 0.05) is 5.69 Å². The first kappa shape index (κ1) is 17.0. The molecule has 3 aromatic rings. The number of ether oxygens (including phenoxy) is 1. The fourth-order valence-electron chi connectivity index (χ4n) is 2.62. The molecule has 0 saturated heterocycles. The van der Waals surface area contributed by atoms with Crippen molar-refractivity contribution < 1.29 is 4.74 Å². The third-order valence-corrected chi connectivity index (χ3v) is 4.11. The molecular formula is C21H20N2OS. The summed E-state index contributed by atoms with van der Waals surface area (Å²) in [6.07, 6.45) is 0. The van der Waals surface area contributed by atoms with Crippen LogP contribution in [-0.2, 0) is 0 Å². The number of nitrogens with one attached hydrogen (secondary N) is 2. The summed E-state index contributed by atoms with van der Waals surface area (Å²) in [7, 11) is 1.67. The third kappa shape index (κ3) is 4.58. The summed E-state index contributed by atoms with van der Waals surface area (Å²) >= 11 is 5.51. The lowest BCUT2D eigenvalue weighted by atomic mass is 9.99. The van der Waals surface area contributed by atoms with Gasteiger partial charge in [-0.05, 0) is 47.6 Å². The number of hydrogen-bond donors (Lipinski definition) is 2. The van der Waals surface area contributed by atoms with Crippen LogP contribution < -0.4 is 15.4 Å². The molecule has 3 rings (SSSR count). The number of methoxy groups -OCH3 is 1. The van der Waals surface area contributed by atoms with Crippen molar-refractivity contribution in [3.8, 4) is 5.75 Å². The Hall–Kier alpha value is -2.85. The van der Waals surface area contributed by atoms with E-state index in [0.717, 1.165) is 22.6 Å². The van der Waals surface area contributed by atoms with Gasteiger partial charge in [-0.3, -0.25) is 0 Å². The Kier molecular flexibility index (Phi) is 5.65. The van der Waals surface area contributed by atoms with Crippen molar-refractivity contribution in [2.45, 2.75) is 6.04 Å². The minimum Gasteiger partial charge on any atom is -0.497 e. The van der Waals surface area contributed by atoms with Gasteiger partial charge >= 0.3 is 0 Å². The number of anilines is 1. The molecule has 0 bridgehead atoms. The monoisotopic (exact) mass is 348 g/mol. The molecule has 1 unspecified atom stereocenters. The number of benzene rings is 3. The first-order valence-corrected chi connectivity index (χ1v) is 8.48. The average molecular weight is 348 g/mol. The second-order valence-electron chi connectivity index (χ2n) is 5.58. The maximum absolute atomic E-state index is 5.51. The predicted octanol–water partition coefficient (Wildman–Crippen LogP) is 4.77. The van der Waals surface area contributed by atoms with E-state index in [-0.39, 0.29) is 6.04 Å². The van der Waals surface area contributed by atoms with Gasteiger partial charge in [0.05, 0.1) is 13.2 Å². The summed E-state index contributed by atoms with van der Waals surface area (Å²) in [5, 5.41) is 7.22. The summed E-state index contributed by atoms with van der Waals surface area (Å²) < 4.78 is 5.26. The topological polar surface area (TPSA) is 33.3 Å². The molecule has 0 saturated carbocycles. The van der Waals surface area contributed by atoms with Crippen LogP contribution in [0.4, 0.5) is 5.69 Å². The average Bonchev–Trinajstić information content (AvgIpc) is 2.68. The van der Waals surface area contributed by atoms with Crippen molar-refractivity contribution in [1.82, 2.24) is 5.32 Å². The van der Waals surface area contributed by atoms with Gasteiger partial charge in [-0.15, -0.1) is 0 Å². The lowest BCUT2D eigenvalue weighted by Crippen LogP contribution is -2.33. The Morgan fingerprint density at radius 3 is 1.96 bits per heavy atom. The van der Waals surface area contributed by atoms with Crippen molar-refractivity contribution in [1.29, 1.82) is 0 Å². The van der Waals surface area contributed by atoms with E-state index in [2.05, 4.69) is 34.9 Å². The van der Waals surface area contributed by atoms with Gasteiger partial charge in [0.1, 0.15) is 5.75 Å². The van der Waals surface area contributed by atoms with Gasteiger partial charge in [0.15, 0.2) is 5.11 Å². The Balaban J connectivity index is 1.82. The van der Waals surface area contributed by atoms with E-state index >= 15 is 0 Å². The maximum Gasteiger partial charge on any atom is 0.171 e. The van der Waals surface area contributed by atoms with Crippen LogP contribution in [0.2, 0.25) is 0 Å². The molecule has 2 N–H and O–H groups in total. The minimum absolute atomic E-state index is 0.0455. The van der Waals surface area contributed by atoms with Gasteiger partial charge in [0.25, 0.3) is 0 Å². The zero-order valence-electron chi connectivity index (χ0n) is 14.0. The normalized spacial score (nSPS) is 11.4. The van der Waals surface area contributed by atoms with Crippen LogP contribution in [-0.4, -0.2) is 12.2 Å². The smallest absolute Gasteiger partial charge is 0.171 e. The van der Waals surface area contributed by atoms with Crippen LogP contribution in [0.3, 0.4) is 0 Å². The zero-order valence-corrected chi connectivity index (χ0v) is 14.8. The second-order valence-corrected chi connectivity index (χ2v) is 5.99. The molecule has 3 aromatic carbocycles. The molecule has 3 nitrogen and oxygen atoms in total. The SMILES string of the molecule is COc1ccc(C(NC(=S)Nc2ccccc2)c2ccccc2)cc1. The second kappa shape index (κ2) is 8.31. The summed E-state index contributed by atoms with van der Waals surface area (Å²) in [6, 6.07) is 28.1. The van der Waals surface area contributed by atoms with Gasteiger partial charge in [-0.25, -0.2) is 0 Å². The van der Waals surface area contributed by atoms with E-state index in [9.17, 15) is 0 Å². The summed E-state index contributed by atoms with van der Waals surface area (Å²) in [5.41, 5.74) is 3.22. The lowest BCUT2D eigenvalue weighted by molar-refractivity contribution is 0.414. The molecule has 1 atom stereocenters. The van der Waals surface area contributed by atoms with E-state index < -0.39 is 0 Å². The fourth-order valence-corrected chi connectivity index (χ4v) is 2.86. The summed E-state index contributed by atoms with van der Waals surface area (Å²) in [5.74, 6) is 0.834. The molecule has 25 heavy (non-hydrogen) atoms. The summed E-state index contributed by atoms with van der Waals surface area (Å²) in [6.45, 7) is 0.